The summed E-state index contributed by atoms with van der Waals surface area (Å²) in [5.41, 5.74) is 5.57. The lowest BCUT2D eigenvalue weighted by Gasteiger charge is -2.31. The Morgan fingerprint density at radius 2 is 2.06 bits per heavy atom. The average Bonchev–Trinajstić information content (AvgIpc) is 2.38. The van der Waals surface area contributed by atoms with Crippen molar-refractivity contribution >= 4 is 5.82 Å². The number of nitrogens with zero attached hydrogens (tertiary/aromatic N) is 2. The first-order valence-electron chi connectivity index (χ1n) is 6.73. The van der Waals surface area contributed by atoms with Crippen LogP contribution in [0.25, 0.3) is 0 Å². The van der Waals surface area contributed by atoms with Crippen LogP contribution in [0.3, 0.4) is 0 Å². The highest BCUT2D eigenvalue weighted by Gasteiger charge is 2.17. The van der Waals surface area contributed by atoms with Crippen molar-refractivity contribution < 1.29 is 0 Å². The second kappa shape index (κ2) is 7.16. The van der Waals surface area contributed by atoms with Crippen LogP contribution in [0.1, 0.15) is 39.4 Å². The normalized spacial score (nSPS) is 10.9. The van der Waals surface area contributed by atoms with Crippen LogP contribution in [0.4, 0.5) is 5.82 Å². The number of nitrogens with two attached hydrogens (primary N) is 1. The molecule has 0 aliphatic carbocycles. The highest BCUT2D eigenvalue weighted by Crippen LogP contribution is 2.16. The van der Waals surface area contributed by atoms with Crippen LogP contribution < -0.4 is 16.2 Å². The van der Waals surface area contributed by atoms with Crippen LogP contribution in [0.2, 0.25) is 0 Å². The predicted molar refractivity (Wildman–Crippen MR) is 75.0 cm³/mol. The molecule has 102 valence electrons. The molecule has 0 unspecified atom stereocenters. The van der Waals surface area contributed by atoms with Gasteiger partial charge in [-0.1, -0.05) is 20.8 Å². The summed E-state index contributed by atoms with van der Waals surface area (Å²) >= 11 is 0. The van der Waals surface area contributed by atoms with E-state index in [1.54, 1.807) is 6.07 Å². The number of H-pyrrole nitrogens is 1. The minimum atomic E-state index is -0.0928. The van der Waals surface area contributed by atoms with Gasteiger partial charge >= 0.3 is 0 Å². The molecule has 5 nitrogen and oxygen atoms in total. The van der Waals surface area contributed by atoms with E-state index < -0.39 is 0 Å². The largest absolute Gasteiger partial charge is 0.352 e. The predicted octanol–water partition coefficient (Wildman–Crippen LogP) is 1.29. The van der Waals surface area contributed by atoms with Crippen molar-refractivity contribution in [1.29, 1.82) is 0 Å². The average molecular weight is 252 g/mol. The number of anilines is 1. The van der Waals surface area contributed by atoms with Crippen molar-refractivity contribution in [1.82, 2.24) is 9.97 Å². The Kier molecular flexibility index (Phi) is 5.85. The van der Waals surface area contributed by atoms with E-state index in [0.29, 0.717) is 12.6 Å². The van der Waals surface area contributed by atoms with E-state index in [1.807, 2.05) is 6.92 Å². The van der Waals surface area contributed by atoms with E-state index in [1.165, 1.54) is 0 Å². The molecule has 0 aliphatic heterocycles. The summed E-state index contributed by atoms with van der Waals surface area (Å²) in [6.07, 6.45) is 2.77. The maximum Gasteiger partial charge on any atom is 0.252 e. The van der Waals surface area contributed by atoms with Crippen LogP contribution in [0.15, 0.2) is 10.9 Å². The van der Waals surface area contributed by atoms with Gasteiger partial charge in [0.25, 0.3) is 5.56 Å². The standard InChI is InChI=1S/C13H24N4O/c1-4-10(5-2)17(8-7-14)12-9-13(18)16-11(6-3)15-12/h9-10H,4-8,14H2,1-3H3,(H,15,16,18). The Morgan fingerprint density at radius 3 is 2.56 bits per heavy atom. The molecule has 0 saturated carbocycles. The van der Waals surface area contributed by atoms with Gasteiger partial charge < -0.3 is 15.6 Å². The van der Waals surface area contributed by atoms with E-state index in [0.717, 1.165) is 37.4 Å². The first-order valence-corrected chi connectivity index (χ1v) is 6.73. The lowest BCUT2D eigenvalue weighted by molar-refractivity contribution is 0.552. The van der Waals surface area contributed by atoms with E-state index in [-0.39, 0.29) is 5.56 Å². The first kappa shape index (κ1) is 14.7. The zero-order valence-electron chi connectivity index (χ0n) is 11.6. The Morgan fingerprint density at radius 1 is 1.39 bits per heavy atom. The fourth-order valence-electron chi connectivity index (χ4n) is 2.16. The van der Waals surface area contributed by atoms with Crippen molar-refractivity contribution in [3.63, 3.8) is 0 Å². The summed E-state index contributed by atoms with van der Waals surface area (Å²) in [5, 5.41) is 0. The van der Waals surface area contributed by atoms with Gasteiger partial charge in [-0.15, -0.1) is 0 Å². The number of rotatable bonds is 7. The molecule has 0 saturated heterocycles. The maximum atomic E-state index is 11.6. The minimum Gasteiger partial charge on any atom is -0.352 e. The Bertz CT molecular complexity index is 412. The van der Waals surface area contributed by atoms with Crippen LogP contribution in [0.5, 0.6) is 0 Å². The topological polar surface area (TPSA) is 75.0 Å². The summed E-state index contributed by atoms with van der Waals surface area (Å²) < 4.78 is 0. The van der Waals surface area contributed by atoms with Crippen molar-refractivity contribution in [3.05, 3.63) is 22.2 Å². The molecule has 1 rings (SSSR count). The van der Waals surface area contributed by atoms with Crippen molar-refractivity contribution in [2.24, 2.45) is 5.73 Å². The number of aromatic nitrogens is 2. The zero-order valence-corrected chi connectivity index (χ0v) is 11.6. The molecule has 1 aromatic rings. The number of aromatic amines is 1. The van der Waals surface area contributed by atoms with Gasteiger partial charge in [-0.25, -0.2) is 4.98 Å². The third-order valence-electron chi connectivity index (χ3n) is 3.16. The Balaban J connectivity index is 3.11. The smallest absolute Gasteiger partial charge is 0.252 e. The summed E-state index contributed by atoms with van der Waals surface area (Å²) in [6, 6.07) is 1.94. The van der Waals surface area contributed by atoms with Crippen molar-refractivity contribution in [2.75, 3.05) is 18.0 Å². The first-order chi connectivity index (χ1) is 8.65. The Labute approximate surface area is 108 Å². The summed E-state index contributed by atoms with van der Waals surface area (Å²) in [6.45, 7) is 7.56. The number of nitrogens with one attached hydrogen (secondary N) is 1. The summed E-state index contributed by atoms with van der Waals surface area (Å²) in [7, 11) is 0. The molecule has 0 aromatic carbocycles. The van der Waals surface area contributed by atoms with Crippen LogP contribution in [-0.2, 0) is 6.42 Å². The summed E-state index contributed by atoms with van der Waals surface area (Å²) in [5.74, 6) is 1.47. The number of hydrogen-bond donors (Lipinski definition) is 2. The second-order valence-electron chi connectivity index (χ2n) is 4.36. The fourth-order valence-corrected chi connectivity index (χ4v) is 2.16. The molecule has 0 spiro atoms. The van der Waals surface area contributed by atoms with Gasteiger partial charge in [0.05, 0.1) is 0 Å². The van der Waals surface area contributed by atoms with E-state index in [2.05, 4.69) is 28.7 Å². The van der Waals surface area contributed by atoms with Gasteiger partial charge in [0.2, 0.25) is 0 Å². The van der Waals surface area contributed by atoms with E-state index >= 15 is 0 Å². The monoisotopic (exact) mass is 252 g/mol. The molecule has 3 N–H and O–H groups in total. The molecular weight excluding hydrogens is 228 g/mol. The van der Waals surface area contributed by atoms with E-state index in [4.69, 9.17) is 5.73 Å². The highest BCUT2D eigenvalue weighted by atomic mass is 16.1. The van der Waals surface area contributed by atoms with Crippen molar-refractivity contribution in [3.8, 4) is 0 Å². The fraction of sp³-hybridized carbons (Fsp3) is 0.692. The molecule has 0 aliphatic rings. The van der Waals surface area contributed by atoms with Gasteiger partial charge in [0, 0.05) is 31.6 Å². The van der Waals surface area contributed by atoms with E-state index in [9.17, 15) is 4.79 Å². The molecular formula is C13H24N4O. The van der Waals surface area contributed by atoms with Crippen LogP contribution in [-0.4, -0.2) is 29.1 Å². The molecule has 0 radical (unpaired) electrons. The molecule has 0 bridgehead atoms. The molecule has 1 heterocycles. The van der Waals surface area contributed by atoms with Gasteiger partial charge in [-0.05, 0) is 12.8 Å². The van der Waals surface area contributed by atoms with Crippen LogP contribution in [0, 0.1) is 0 Å². The lowest BCUT2D eigenvalue weighted by atomic mass is 10.1. The molecule has 18 heavy (non-hydrogen) atoms. The second-order valence-corrected chi connectivity index (χ2v) is 4.36. The minimum absolute atomic E-state index is 0.0928. The number of aryl methyl sites for hydroxylation is 1. The molecule has 5 heteroatoms. The molecule has 0 atom stereocenters. The third-order valence-corrected chi connectivity index (χ3v) is 3.16. The van der Waals surface area contributed by atoms with Gasteiger partial charge in [0.1, 0.15) is 11.6 Å². The number of hydrogen-bond acceptors (Lipinski definition) is 4. The molecule has 0 fully saturated rings. The highest BCUT2D eigenvalue weighted by molar-refractivity contribution is 5.39. The summed E-state index contributed by atoms with van der Waals surface area (Å²) in [4.78, 5) is 21.0. The molecule has 0 amide bonds. The zero-order chi connectivity index (χ0) is 13.5. The van der Waals surface area contributed by atoms with Crippen LogP contribution >= 0.6 is 0 Å². The van der Waals surface area contributed by atoms with Crippen molar-refractivity contribution in [2.45, 2.75) is 46.1 Å². The quantitative estimate of drug-likeness (QED) is 0.766. The van der Waals surface area contributed by atoms with Gasteiger partial charge in [-0.2, -0.15) is 0 Å². The van der Waals surface area contributed by atoms with Gasteiger partial charge in [0.15, 0.2) is 0 Å². The third kappa shape index (κ3) is 3.57. The SMILES string of the molecule is CCc1nc(N(CCN)C(CC)CC)cc(=O)[nH]1. The lowest BCUT2D eigenvalue weighted by Crippen LogP contribution is -2.39. The van der Waals surface area contributed by atoms with Gasteiger partial charge in [-0.3, -0.25) is 4.79 Å². The molecule has 1 aromatic heterocycles. The Hall–Kier alpha value is -1.36. The maximum absolute atomic E-state index is 11.6.